The summed E-state index contributed by atoms with van der Waals surface area (Å²) in [6.07, 6.45) is 1.47. The highest BCUT2D eigenvalue weighted by Gasteiger charge is 2.26. The van der Waals surface area contributed by atoms with Crippen molar-refractivity contribution in [3.8, 4) is 5.75 Å². The van der Waals surface area contributed by atoms with Crippen molar-refractivity contribution in [3.63, 3.8) is 0 Å². The standard InChI is InChI=1S/C28H25N3O4S/c32-28(21-31(25-15-6-2-7-16-25)36(33,34)26-17-8-3-9-18-26)30-29-20-24-14-10-11-19-27(24)35-22-23-12-4-1-5-13-23/h1-20H,21-22H2,(H,30,32)/b29-20-. The van der Waals surface area contributed by atoms with Crippen LogP contribution in [-0.2, 0) is 21.4 Å². The number of para-hydroxylation sites is 2. The molecule has 36 heavy (non-hydrogen) atoms. The summed E-state index contributed by atoms with van der Waals surface area (Å²) in [4.78, 5) is 12.8. The van der Waals surface area contributed by atoms with E-state index in [1.807, 2.05) is 54.6 Å². The van der Waals surface area contributed by atoms with Gasteiger partial charge in [-0.25, -0.2) is 13.8 Å². The first kappa shape index (κ1) is 24.7. The Bertz CT molecular complexity index is 1410. The Hall–Kier alpha value is -4.43. The van der Waals surface area contributed by atoms with Crippen molar-refractivity contribution in [2.45, 2.75) is 11.5 Å². The van der Waals surface area contributed by atoms with Gasteiger partial charge in [0.25, 0.3) is 15.9 Å². The third kappa shape index (κ3) is 6.37. The zero-order chi connectivity index (χ0) is 25.2. The third-order valence-electron chi connectivity index (χ3n) is 5.21. The number of carbonyl (C=O) groups excluding carboxylic acids is 1. The largest absolute Gasteiger partial charge is 0.488 e. The zero-order valence-electron chi connectivity index (χ0n) is 19.4. The van der Waals surface area contributed by atoms with Gasteiger partial charge >= 0.3 is 0 Å². The van der Waals surface area contributed by atoms with Crippen molar-refractivity contribution >= 4 is 27.8 Å². The topological polar surface area (TPSA) is 88.1 Å². The van der Waals surface area contributed by atoms with Crippen LogP contribution in [0.5, 0.6) is 5.75 Å². The molecule has 0 heterocycles. The minimum Gasteiger partial charge on any atom is -0.488 e. The normalized spacial score (nSPS) is 11.2. The maximum absolute atomic E-state index is 13.3. The van der Waals surface area contributed by atoms with E-state index in [0.29, 0.717) is 23.6 Å². The van der Waals surface area contributed by atoms with Crippen molar-refractivity contribution in [1.82, 2.24) is 5.43 Å². The molecule has 4 aromatic rings. The van der Waals surface area contributed by atoms with Crippen LogP contribution in [0, 0.1) is 0 Å². The molecular formula is C28H25N3O4S. The Balaban J connectivity index is 1.46. The quantitative estimate of drug-likeness (QED) is 0.255. The van der Waals surface area contributed by atoms with E-state index in [4.69, 9.17) is 4.74 Å². The maximum atomic E-state index is 13.3. The fraction of sp³-hybridized carbons (Fsp3) is 0.0714. The molecular weight excluding hydrogens is 474 g/mol. The molecule has 7 nitrogen and oxygen atoms in total. The summed E-state index contributed by atoms with van der Waals surface area (Å²) < 4.78 is 33.5. The van der Waals surface area contributed by atoms with Gasteiger partial charge in [0, 0.05) is 5.56 Å². The number of ether oxygens (including phenoxy) is 1. The van der Waals surface area contributed by atoms with Crippen LogP contribution >= 0.6 is 0 Å². The molecule has 0 aliphatic carbocycles. The Labute approximate surface area is 210 Å². The van der Waals surface area contributed by atoms with Gasteiger partial charge in [0.2, 0.25) is 0 Å². The molecule has 0 bridgehead atoms. The van der Waals surface area contributed by atoms with Gasteiger partial charge in [-0.3, -0.25) is 9.10 Å². The van der Waals surface area contributed by atoms with E-state index in [1.54, 1.807) is 48.5 Å². The van der Waals surface area contributed by atoms with Gasteiger partial charge in [0.05, 0.1) is 16.8 Å². The van der Waals surface area contributed by atoms with E-state index >= 15 is 0 Å². The van der Waals surface area contributed by atoms with Crippen LogP contribution in [0.2, 0.25) is 0 Å². The molecule has 0 aliphatic heterocycles. The molecule has 0 radical (unpaired) electrons. The second kappa shape index (κ2) is 11.8. The lowest BCUT2D eigenvalue weighted by molar-refractivity contribution is -0.119. The molecule has 0 aromatic heterocycles. The lowest BCUT2D eigenvalue weighted by Gasteiger charge is -2.23. The molecule has 4 rings (SSSR count). The summed E-state index contributed by atoms with van der Waals surface area (Å²) in [5, 5.41) is 4.03. The van der Waals surface area contributed by atoms with Crippen LogP contribution in [0.3, 0.4) is 0 Å². The van der Waals surface area contributed by atoms with Crippen LogP contribution in [0.15, 0.2) is 125 Å². The Morgan fingerprint density at radius 3 is 2.08 bits per heavy atom. The van der Waals surface area contributed by atoms with Gasteiger partial charge in [0.1, 0.15) is 18.9 Å². The number of benzene rings is 4. The van der Waals surface area contributed by atoms with Gasteiger partial charge in [-0.2, -0.15) is 5.10 Å². The predicted octanol–water partition coefficient (Wildman–Crippen LogP) is 4.61. The highest BCUT2D eigenvalue weighted by Crippen LogP contribution is 2.23. The highest BCUT2D eigenvalue weighted by molar-refractivity contribution is 7.92. The average molecular weight is 500 g/mol. The number of hydrazone groups is 1. The first-order valence-corrected chi connectivity index (χ1v) is 12.7. The first-order valence-electron chi connectivity index (χ1n) is 11.2. The number of nitrogens with one attached hydrogen (secondary N) is 1. The minimum absolute atomic E-state index is 0.0923. The molecule has 4 aromatic carbocycles. The summed E-state index contributed by atoms with van der Waals surface area (Å²) in [7, 11) is -3.97. The molecule has 0 fully saturated rings. The maximum Gasteiger partial charge on any atom is 0.264 e. The molecule has 1 amide bonds. The number of sulfonamides is 1. The number of hydrogen-bond acceptors (Lipinski definition) is 5. The van der Waals surface area contributed by atoms with E-state index in [1.165, 1.54) is 18.3 Å². The van der Waals surface area contributed by atoms with E-state index in [-0.39, 0.29) is 4.90 Å². The average Bonchev–Trinajstić information content (AvgIpc) is 2.92. The van der Waals surface area contributed by atoms with Gasteiger partial charge in [-0.15, -0.1) is 0 Å². The summed E-state index contributed by atoms with van der Waals surface area (Å²) in [5.74, 6) is 0.0224. The molecule has 0 saturated heterocycles. The van der Waals surface area contributed by atoms with E-state index < -0.39 is 22.5 Å². The summed E-state index contributed by atoms with van der Waals surface area (Å²) in [6, 6.07) is 33.5. The molecule has 0 aliphatic rings. The molecule has 0 unspecified atom stereocenters. The molecule has 0 atom stereocenters. The van der Waals surface area contributed by atoms with Crippen molar-refractivity contribution in [1.29, 1.82) is 0 Å². The third-order valence-corrected chi connectivity index (χ3v) is 7.00. The lowest BCUT2D eigenvalue weighted by atomic mass is 10.2. The monoisotopic (exact) mass is 499 g/mol. The molecule has 8 heteroatoms. The van der Waals surface area contributed by atoms with Crippen LogP contribution in [0.4, 0.5) is 5.69 Å². The Morgan fingerprint density at radius 2 is 1.39 bits per heavy atom. The van der Waals surface area contributed by atoms with Crippen LogP contribution in [0.1, 0.15) is 11.1 Å². The highest BCUT2D eigenvalue weighted by atomic mass is 32.2. The number of nitrogens with zero attached hydrogens (tertiary/aromatic N) is 2. The SMILES string of the molecule is O=C(CN(c1ccccc1)S(=O)(=O)c1ccccc1)N/N=C\c1ccccc1OCc1ccccc1. The Morgan fingerprint density at radius 1 is 0.806 bits per heavy atom. The smallest absolute Gasteiger partial charge is 0.264 e. The molecule has 0 saturated carbocycles. The summed E-state index contributed by atoms with van der Waals surface area (Å²) >= 11 is 0. The molecule has 0 spiro atoms. The second-order valence-electron chi connectivity index (χ2n) is 7.77. The van der Waals surface area contributed by atoms with Crippen molar-refractivity contribution < 1.29 is 17.9 Å². The van der Waals surface area contributed by atoms with Crippen LogP contribution < -0.4 is 14.5 Å². The fourth-order valence-corrected chi connectivity index (χ4v) is 4.86. The van der Waals surface area contributed by atoms with Gasteiger partial charge in [-0.05, 0) is 42.0 Å². The fourth-order valence-electron chi connectivity index (χ4n) is 3.42. The minimum atomic E-state index is -3.97. The van der Waals surface area contributed by atoms with Gasteiger partial charge < -0.3 is 4.74 Å². The molecule has 1 N–H and O–H groups in total. The number of amides is 1. The lowest BCUT2D eigenvalue weighted by Crippen LogP contribution is -2.39. The van der Waals surface area contributed by atoms with Crippen molar-refractivity contribution in [2.75, 3.05) is 10.8 Å². The number of carbonyl (C=O) groups is 1. The summed E-state index contributed by atoms with van der Waals surface area (Å²) in [6.45, 7) is -0.0494. The predicted molar refractivity (Wildman–Crippen MR) is 140 cm³/mol. The van der Waals surface area contributed by atoms with E-state index in [9.17, 15) is 13.2 Å². The van der Waals surface area contributed by atoms with Gasteiger partial charge in [0.15, 0.2) is 0 Å². The van der Waals surface area contributed by atoms with Crippen LogP contribution in [-0.4, -0.2) is 27.1 Å². The molecule has 182 valence electrons. The Kier molecular flexibility index (Phi) is 8.10. The van der Waals surface area contributed by atoms with Crippen LogP contribution in [0.25, 0.3) is 0 Å². The number of hydrogen-bond donors (Lipinski definition) is 1. The van der Waals surface area contributed by atoms with Gasteiger partial charge in [-0.1, -0.05) is 78.9 Å². The van der Waals surface area contributed by atoms with Crippen molar-refractivity contribution in [2.24, 2.45) is 5.10 Å². The second-order valence-corrected chi connectivity index (χ2v) is 9.63. The van der Waals surface area contributed by atoms with E-state index in [0.717, 1.165) is 9.87 Å². The zero-order valence-corrected chi connectivity index (χ0v) is 20.2. The van der Waals surface area contributed by atoms with E-state index in [2.05, 4.69) is 10.5 Å². The first-order chi connectivity index (χ1) is 17.5. The number of rotatable bonds is 10. The van der Waals surface area contributed by atoms with Crippen molar-refractivity contribution in [3.05, 3.63) is 126 Å². The summed E-state index contributed by atoms with van der Waals surface area (Å²) in [5.41, 5.74) is 4.50. The number of anilines is 1.